The second-order valence-corrected chi connectivity index (χ2v) is 8.27. The molecular formula is C24H19N3O6S. The van der Waals surface area contributed by atoms with Crippen molar-refractivity contribution in [1.29, 1.82) is 0 Å². The molecule has 34 heavy (non-hydrogen) atoms. The zero-order chi connectivity index (χ0) is 24.1. The van der Waals surface area contributed by atoms with Crippen molar-refractivity contribution in [2.24, 2.45) is 0 Å². The third-order valence-corrected chi connectivity index (χ3v) is 5.69. The number of nitro groups is 1. The summed E-state index contributed by atoms with van der Waals surface area (Å²) in [5.41, 5.74) is 1.65. The van der Waals surface area contributed by atoms with Gasteiger partial charge >= 0.3 is 0 Å². The molecule has 1 aliphatic rings. The average molecular weight is 477 g/mol. The summed E-state index contributed by atoms with van der Waals surface area (Å²) in [4.78, 5) is 40.5. The molecular weight excluding hydrogens is 458 g/mol. The number of nitrogens with zero attached hydrogens (tertiary/aromatic N) is 3. The van der Waals surface area contributed by atoms with E-state index in [0.717, 1.165) is 23.5 Å². The number of carbonyl (C=O) groups excluding carboxylic acids is 2. The Morgan fingerprint density at radius 3 is 2.56 bits per heavy atom. The van der Waals surface area contributed by atoms with E-state index in [-0.39, 0.29) is 35.9 Å². The SMILES string of the molecule is Cc1cccc(OCCN2C(=O)S/C(=C\c3ccc(Oc4ccc([N+](=O)[O-])cn4)cc3)C2=O)c1. The van der Waals surface area contributed by atoms with Crippen LogP contribution < -0.4 is 9.47 Å². The van der Waals surface area contributed by atoms with Crippen molar-refractivity contribution < 1.29 is 24.0 Å². The summed E-state index contributed by atoms with van der Waals surface area (Å²) >= 11 is 0.882. The number of thioether (sulfide) groups is 1. The lowest BCUT2D eigenvalue weighted by atomic mass is 10.2. The van der Waals surface area contributed by atoms with Gasteiger partial charge in [-0.25, -0.2) is 4.98 Å². The van der Waals surface area contributed by atoms with Crippen LogP contribution in [0.4, 0.5) is 10.5 Å². The van der Waals surface area contributed by atoms with E-state index in [2.05, 4.69) is 4.98 Å². The molecule has 9 nitrogen and oxygen atoms in total. The van der Waals surface area contributed by atoms with Gasteiger partial charge in [-0.15, -0.1) is 0 Å². The average Bonchev–Trinajstić information content (AvgIpc) is 3.08. The van der Waals surface area contributed by atoms with E-state index in [1.54, 1.807) is 30.3 Å². The predicted molar refractivity (Wildman–Crippen MR) is 127 cm³/mol. The first-order valence-corrected chi connectivity index (χ1v) is 11.0. The predicted octanol–water partition coefficient (Wildman–Crippen LogP) is 5.21. The fourth-order valence-corrected chi connectivity index (χ4v) is 3.96. The molecule has 4 rings (SSSR count). The zero-order valence-corrected chi connectivity index (χ0v) is 18.9. The Hall–Kier alpha value is -4.18. The van der Waals surface area contributed by atoms with Crippen LogP contribution in [0.5, 0.6) is 17.4 Å². The smallest absolute Gasteiger partial charge is 0.293 e. The summed E-state index contributed by atoms with van der Waals surface area (Å²) in [6, 6.07) is 17.1. The Kier molecular flexibility index (Phi) is 6.88. The second-order valence-electron chi connectivity index (χ2n) is 7.28. The first kappa shape index (κ1) is 23.0. The van der Waals surface area contributed by atoms with Crippen LogP contribution >= 0.6 is 11.8 Å². The summed E-state index contributed by atoms with van der Waals surface area (Å²) in [7, 11) is 0. The molecule has 2 heterocycles. The van der Waals surface area contributed by atoms with E-state index in [1.165, 1.54) is 17.0 Å². The second kappa shape index (κ2) is 10.2. The molecule has 0 unspecified atom stereocenters. The molecule has 0 spiro atoms. The summed E-state index contributed by atoms with van der Waals surface area (Å²) in [6.45, 7) is 2.32. The minimum absolute atomic E-state index is 0.127. The van der Waals surface area contributed by atoms with E-state index >= 15 is 0 Å². The van der Waals surface area contributed by atoms with E-state index in [4.69, 9.17) is 9.47 Å². The molecule has 0 bridgehead atoms. The Morgan fingerprint density at radius 1 is 1.09 bits per heavy atom. The molecule has 1 aliphatic heterocycles. The fourth-order valence-electron chi connectivity index (χ4n) is 3.10. The topological polar surface area (TPSA) is 112 Å². The quantitative estimate of drug-likeness (QED) is 0.247. The number of benzene rings is 2. The summed E-state index contributed by atoms with van der Waals surface area (Å²) in [5.74, 6) is 1.01. The Labute approximate surface area is 199 Å². The summed E-state index contributed by atoms with van der Waals surface area (Å²) in [6.07, 6.45) is 2.76. The van der Waals surface area contributed by atoms with Crippen LogP contribution in [-0.4, -0.2) is 39.1 Å². The lowest BCUT2D eigenvalue weighted by Crippen LogP contribution is -2.32. The van der Waals surface area contributed by atoms with Gasteiger partial charge in [0.05, 0.1) is 16.4 Å². The van der Waals surface area contributed by atoms with Crippen LogP contribution in [0.1, 0.15) is 11.1 Å². The van der Waals surface area contributed by atoms with Gasteiger partial charge in [-0.3, -0.25) is 24.6 Å². The molecule has 0 atom stereocenters. The molecule has 0 N–H and O–H groups in total. The maximum Gasteiger partial charge on any atom is 0.293 e. The van der Waals surface area contributed by atoms with Gasteiger partial charge < -0.3 is 9.47 Å². The van der Waals surface area contributed by atoms with Gasteiger partial charge in [-0.05, 0) is 60.2 Å². The van der Waals surface area contributed by atoms with Crippen molar-refractivity contribution in [3.63, 3.8) is 0 Å². The molecule has 10 heteroatoms. The van der Waals surface area contributed by atoms with Crippen LogP contribution in [0.25, 0.3) is 6.08 Å². The highest BCUT2D eigenvalue weighted by Crippen LogP contribution is 2.32. The minimum Gasteiger partial charge on any atom is -0.492 e. The number of amides is 2. The standard InChI is InChI=1S/C24H19N3O6S/c1-16-3-2-4-20(13-16)32-12-11-26-23(28)21(34-24(26)29)14-17-5-8-19(9-6-17)33-22-10-7-18(15-25-22)27(30)31/h2-10,13-15H,11-12H2,1H3/b21-14-. The monoisotopic (exact) mass is 477 g/mol. The first-order valence-electron chi connectivity index (χ1n) is 10.2. The molecule has 0 aliphatic carbocycles. The summed E-state index contributed by atoms with van der Waals surface area (Å²) in [5, 5.41) is 10.4. The van der Waals surface area contributed by atoms with Crippen LogP contribution in [0.3, 0.4) is 0 Å². The molecule has 1 saturated heterocycles. The molecule has 172 valence electrons. The highest BCUT2D eigenvalue weighted by molar-refractivity contribution is 8.18. The van der Waals surface area contributed by atoms with Gasteiger partial charge in [0.1, 0.15) is 24.3 Å². The van der Waals surface area contributed by atoms with Crippen molar-refractivity contribution >= 4 is 34.7 Å². The Morgan fingerprint density at radius 2 is 1.88 bits per heavy atom. The van der Waals surface area contributed by atoms with Crippen molar-refractivity contribution in [3.05, 3.63) is 93.0 Å². The van der Waals surface area contributed by atoms with E-state index in [9.17, 15) is 19.7 Å². The maximum absolute atomic E-state index is 12.7. The Bertz CT molecular complexity index is 1260. The van der Waals surface area contributed by atoms with E-state index in [1.807, 2.05) is 31.2 Å². The normalized spacial score (nSPS) is 14.5. The van der Waals surface area contributed by atoms with Crippen molar-refractivity contribution in [2.45, 2.75) is 6.92 Å². The molecule has 1 aromatic heterocycles. The number of hydrogen-bond donors (Lipinski definition) is 0. The number of hydrogen-bond acceptors (Lipinski definition) is 8. The van der Waals surface area contributed by atoms with Gasteiger partial charge in [0.25, 0.3) is 16.8 Å². The van der Waals surface area contributed by atoms with Gasteiger partial charge in [0.2, 0.25) is 5.88 Å². The lowest BCUT2D eigenvalue weighted by Gasteiger charge is -2.13. The van der Waals surface area contributed by atoms with E-state index in [0.29, 0.717) is 22.0 Å². The maximum atomic E-state index is 12.7. The fraction of sp³-hybridized carbons (Fsp3) is 0.125. The van der Waals surface area contributed by atoms with Crippen LogP contribution in [0.15, 0.2) is 71.8 Å². The number of rotatable bonds is 8. The number of ether oxygens (including phenoxy) is 2. The van der Waals surface area contributed by atoms with Crippen LogP contribution in [0, 0.1) is 17.0 Å². The van der Waals surface area contributed by atoms with Gasteiger partial charge in [0.15, 0.2) is 0 Å². The largest absolute Gasteiger partial charge is 0.492 e. The number of pyridine rings is 1. The van der Waals surface area contributed by atoms with E-state index < -0.39 is 4.92 Å². The molecule has 2 amide bonds. The highest BCUT2D eigenvalue weighted by atomic mass is 32.2. The minimum atomic E-state index is -0.537. The number of imide groups is 1. The van der Waals surface area contributed by atoms with Crippen molar-refractivity contribution in [2.75, 3.05) is 13.2 Å². The number of aryl methyl sites for hydroxylation is 1. The van der Waals surface area contributed by atoms with Crippen LogP contribution in [-0.2, 0) is 4.79 Å². The first-order chi connectivity index (χ1) is 16.4. The zero-order valence-electron chi connectivity index (χ0n) is 18.0. The molecule has 0 saturated carbocycles. The number of carbonyl (C=O) groups is 2. The van der Waals surface area contributed by atoms with Crippen LogP contribution in [0.2, 0.25) is 0 Å². The highest BCUT2D eigenvalue weighted by Gasteiger charge is 2.34. The Balaban J connectivity index is 1.35. The number of aromatic nitrogens is 1. The summed E-state index contributed by atoms with van der Waals surface area (Å²) < 4.78 is 11.2. The van der Waals surface area contributed by atoms with Crippen molar-refractivity contribution in [3.8, 4) is 17.4 Å². The third-order valence-electron chi connectivity index (χ3n) is 4.78. The van der Waals surface area contributed by atoms with Gasteiger partial charge in [-0.2, -0.15) is 0 Å². The third kappa shape index (κ3) is 5.59. The van der Waals surface area contributed by atoms with Gasteiger partial charge in [0, 0.05) is 12.1 Å². The molecule has 2 aromatic carbocycles. The van der Waals surface area contributed by atoms with Crippen molar-refractivity contribution in [1.82, 2.24) is 9.88 Å². The molecule has 1 fully saturated rings. The molecule has 3 aromatic rings. The lowest BCUT2D eigenvalue weighted by molar-refractivity contribution is -0.385. The van der Waals surface area contributed by atoms with Gasteiger partial charge in [-0.1, -0.05) is 24.3 Å². The molecule has 0 radical (unpaired) electrons.